The highest BCUT2D eigenvalue weighted by Crippen LogP contribution is 2.34. The lowest BCUT2D eigenvalue weighted by Gasteiger charge is -2.56. The van der Waals surface area contributed by atoms with E-state index in [1.165, 1.54) is 21.1 Å². The minimum Gasteiger partial charge on any atom is -0.443 e. The number of fused-ring (bicyclic) bond motifs is 3. The van der Waals surface area contributed by atoms with Crippen LogP contribution in [0.25, 0.3) is 0 Å². The lowest BCUT2D eigenvalue weighted by Crippen LogP contribution is -2.73. The van der Waals surface area contributed by atoms with Crippen LogP contribution in [0.1, 0.15) is 35.1 Å². The van der Waals surface area contributed by atoms with E-state index < -0.39 is 12.2 Å². The van der Waals surface area contributed by atoms with Crippen molar-refractivity contribution >= 4 is 12.2 Å². The Labute approximate surface area is 218 Å². The van der Waals surface area contributed by atoms with Gasteiger partial charge in [-0.2, -0.15) is 5.01 Å². The Bertz CT molecular complexity index is 1200. The van der Waals surface area contributed by atoms with Gasteiger partial charge in [-0.3, -0.25) is 4.90 Å². The van der Waals surface area contributed by atoms with E-state index in [-0.39, 0.29) is 25.4 Å². The van der Waals surface area contributed by atoms with Gasteiger partial charge < -0.3 is 9.47 Å². The average Bonchev–Trinajstić information content (AvgIpc) is 2.95. The fraction of sp³-hybridized carbons (Fsp3) is 0.333. The molecule has 2 bridgehead atoms. The van der Waals surface area contributed by atoms with Crippen molar-refractivity contribution in [3.63, 3.8) is 0 Å². The van der Waals surface area contributed by atoms with E-state index in [9.17, 15) is 9.59 Å². The number of rotatable bonds is 7. The number of amides is 2. The van der Waals surface area contributed by atoms with Crippen molar-refractivity contribution in [3.8, 4) is 0 Å². The molecule has 0 radical (unpaired) electrons. The molecular weight excluding hydrogens is 466 g/mol. The molecule has 2 unspecified atom stereocenters. The van der Waals surface area contributed by atoms with Crippen LogP contribution in [0.4, 0.5) is 9.59 Å². The van der Waals surface area contributed by atoms with Gasteiger partial charge in [0.15, 0.2) is 0 Å². The van der Waals surface area contributed by atoms with Crippen LogP contribution >= 0.6 is 0 Å². The van der Waals surface area contributed by atoms with E-state index in [1.807, 2.05) is 66.7 Å². The Morgan fingerprint density at radius 1 is 0.757 bits per heavy atom. The van der Waals surface area contributed by atoms with Gasteiger partial charge >= 0.3 is 12.2 Å². The molecule has 0 saturated carbocycles. The van der Waals surface area contributed by atoms with E-state index in [2.05, 4.69) is 30.0 Å². The van der Waals surface area contributed by atoms with Gasteiger partial charge in [0.2, 0.25) is 0 Å². The second kappa shape index (κ2) is 11.5. The summed E-state index contributed by atoms with van der Waals surface area (Å²) in [6, 6.07) is 27.3. The molecule has 37 heavy (non-hydrogen) atoms. The molecular formula is C30H33N3O4. The molecule has 0 aliphatic carbocycles. The third kappa shape index (κ3) is 5.78. The number of ether oxygens (including phenoxy) is 2. The van der Waals surface area contributed by atoms with Crippen molar-refractivity contribution in [2.45, 2.75) is 51.6 Å². The largest absolute Gasteiger partial charge is 0.443 e. The van der Waals surface area contributed by atoms with E-state index in [4.69, 9.17) is 9.47 Å². The van der Waals surface area contributed by atoms with Crippen molar-refractivity contribution in [2.24, 2.45) is 0 Å². The summed E-state index contributed by atoms with van der Waals surface area (Å²) in [6.45, 7) is 3.90. The monoisotopic (exact) mass is 499 g/mol. The van der Waals surface area contributed by atoms with E-state index in [0.29, 0.717) is 6.54 Å². The summed E-state index contributed by atoms with van der Waals surface area (Å²) in [4.78, 5) is 29.1. The Morgan fingerprint density at radius 2 is 1.32 bits per heavy atom. The number of nitrogens with zero attached hydrogens (tertiary/aromatic N) is 3. The smallest absolute Gasteiger partial charge is 0.430 e. The predicted octanol–water partition coefficient (Wildman–Crippen LogP) is 5.53. The molecule has 3 aliphatic rings. The topological polar surface area (TPSA) is 62.3 Å². The van der Waals surface area contributed by atoms with Gasteiger partial charge in [-0.05, 0) is 48.4 Å². The maximum atomic E-state index is 13.5. The number of aryl methyl sites for hydroxylation is 1. The lowest BCUT2D eigenvalue weighted by molar-refractivity contribution is -0.179. The molecule has 2 amide bonds. The maximum absolute atomic E-state index is 13.5. The van der Waals surface area contributed by atoms with E-state index >= 15 is 0 Å². The van der Waals surface area contributed by atoms with Gasteiger partial charge in [0, 0.05) is 13.1 Å². The molecule has 7 heteroatoms. The Hall–Kier alpha value is -3.84. The van der Waals surface area contributed by atoms with Gasteiger partial charge in [0.25, 0.3) is 0 Å². The maximum Gasteiger partial charge on any atom is 0.430 e. The highest BCUT2D eigenvalue weighted by Gasteiger charge is 2.50. The molecule has 3 aromatic rings. The number of piperidine rings is 1. The fourth-order valence-corrected chi connectivity index (χ4v) is 5.22. The first-order valence-corrected chi connectivity index (χ1v) is 12.9. The predicted molar refractivity (Wildman–Crippen MR) is 140 cm³/mol. The van der Waals surface area contributed by atoms with Crippen LogP contribution in [0.2, 0.25) is 0 Å². The third-order valence-corrected chi connectivity index (χ3v) is 7.20. The van der Waals surface area contributed by atoms with Gasteiger partial charge in [-0.15, -0.1) is 0 Å². The minimum absolute atomic E-state index is 0.143. The third-order valence-electron chi connectivity index (χ3n) is 7.20. The highest BCUT2D eigenvalue weighted by molar-refractivity contribution is 5.75. The van der Waals surface area contributed by atoms with Crippen LogP contribution in [0.15, 0.2) is 84.9 Å². The molecule has 0 N–H and O–H groups in total. The SMILES string of the molecule is Cc1ccccc1CCN1CC2CCC1N(C(=O)OCc1ccccc1)N2C(=O)OCc1ccccc1. The Morgan fingerprint density at radius 3 is 1.95 bits per heavy atom. The van der Waals surface area contributed by atoms with Gasteiger partial charge in [0.05, 0.1) is 6.04 Å². The molecule has 7 nitrogen and oxygen atoms in total. The first-order valence-electron chi connectivity index (χ1n) is 12.9. The first-order chi connectivity index (χ1) is 18.1. The molecule has 192 valence electrons. The molecule has 3 saturated heterocycles. The molecule has 2 atom stereocenters. The van der Waals surface area contributed by atoms with Crippen molar-refractivity contribution in [3.05, 3.63) is 107 Å². The summed E-state index contributed by atoms with van der Waals surface area (Å²) < 4.78 is 11.4. The molecule has 3 aromatic carbocycles. The molecule has 3 fully saturated rings. The van der Waals surface area contributed by atoms with Crippen LogP contribution in [0.3, 0.4) is 0 Å². The van der Waals surface area contributed by atoms with Gasteiger partial charge in [0.1, 0.15) is 19.4 Å². The van der Waals surface area contributed by atoms with Crippen molar-refractivity contribution < 1.29 is 19.1 Å². The number of carbonyl (C=O) groups excluding carboxylic acids is 2. The molecule has 0 spiro atoms. The molecule has 3 heterocycles. The second-order valence-electron chi connectivity index (χ2n) is 9.65. The zero-order valence-electron chi connectivity index (χ0n) is 21.2. The number of hydrogen-bond acceptors (Lipinski definition) is 5. The summed E-state index contributed by atoms with van der Waals surface area (Å²) >= 11 is 0. The van der Waals surface area contributed by atoms with Crippen LogP contribution in [-0.4, -0.2) is 52.4 Å². The van der Waals surface area contributed by atoms with Crippen molar-refractivity contribution in [2.75, 3.05) is 13.1 Å². The van der Waals surface area contributed by atoms with Crippen molar-refractivity contribution in [1.82, 2.24) is 14.9 Å². The number of carbonyl (C=O) groups is 2. The quantitative estimate of drug-likeness (QED) is 0.428. The number of benzene rings is 3. The summed E-state index contributed by atoms with van der Waals surface area (Å²) in [5.74, 6) is 0. The first kappa shape index (κ1) is 24.8. The van der Waals surface area contributed by atoms with Gasteiger partial charge in [-0.25, -0.2) is 14.6 Å². The fourth-order valence-electron chi connectivity index (χ4n) is 5.22. The summed E-state index contributed by atoms with van der Waals surface area (Å²) in [5.41, 5.74) is 4.35. The summed E-state index contributed by atoms with van der Waals surface area (Å²) in [7, 11) is 0. The molecule has 6 rings (SSSR count). The minimum atomic E-state index is -0.532. The van der Waals surface area contributed by atoms with E-state index in [1.54, 1.807) is 0 Å². The van der Waals surface area contributed by atoms with Gasteiger partial charge in [-0.1, -0.05) is 84.9 Å². The van der Waals surface area contributed by atoms with Crippen LogP contribution < -0.4 is 0 Å². The summed E-state index contributed by atoms with van der Waals surface area (Å²) in [5, 5.41) is 2.99. The highest BCUT2D eigenvalue weighted by atomic mass is 16.6. The van der Waals surface area contributed by atoms with Crippen LogP contribution in [0.5, 0.6) is 0 Å². The average molecular weight is 500 g/mol. The number of hydrogen-bond donors (Lipinski definition) is 0. The summed E-state index contributed by atoms with van der Waals surface area (Å²) in [6.07, 6.45) is 1.16. The van der Waals surface area contributed by atoms with Crippen LogP contribution in [-0.2, 0) is 29.1 Å². The number of hydrazine groups is 1. The zero-order chi connectivity index (χ0) is 25.6. The standard InChI is InChI=1S/C30H33N3O4/c1-23-10-8-9-15-26(23)18-19-31-20-27-16-17-28(31)33(30(35)37-22-25-13-6-3-7-14-25)32(27)29(34)36-21-24-11-4-2-5-12-24/h2-15,27-28H,16-22H2,1H3. The van der Waals surface area contributed by atoms with Crippen molar-refractivity contribution in [1.29, 1.82) is 0 Å². The second-order valence-corrected chi connectivity index (χ2v) is 9.65. The zero-order valence-corrected chi connectivity index (χ0v) is 21.2. The normalized spacial score (nSPS) is 19.1. The Balaban J connectivity index is 1.32. The molecule has 3 aliphatic heterocycles. The lowest BCUT2D eigenvalue weighted by atomic mass is 9.97. The van der Waals surface area contributed by atoms with E-state index in [0.717, 1.165) is 36.9 Å². The molecule has 0 aromatic heterocycles. The van der Waals surface area contributed by atoms with Crippen LogP contribution in [0, 0.1) is 6.92 Å². The Kier molecular flexibility index (Phi) is 7.70.